The Balaban J connectivity index is 1.48. The van der Waals surface area contributed by atoms with E-state index in [2.05, 4.69) is 31.6 Å². The van der Waals surface area contributed by atoms with E-state index in [1.807, 2.05) is 19.1 Å². The number of hydrogen-bond donors (Lipinski definition) is 7. The summed E-state index contributed by atoms with van der Waals surface area (Å²) in [5.41, 5.74) is 3.22. The summed E-state index contributed by atoms with van der Waals surface area (Å²) in [7, 11) is 1.10. The zero-order valence-corrected chi connectivity index (χ0v) is 36.5. The van der Waals surface area contributed by atoms with Crippen molar-refractivity contribution in [2.45, 2.75) is 96.4 Å². The third-order valence-electron chi connectivity index (χ3n) is 10.6. The van der Waals surface area contributed by atoms with Gasteiger partial charge in [-0.3, -0.25) is 38.7 Å². The Hall–Kier alpha value is -6.89. The number of aryl methyl sites for hydroxylation is 1. The van der Waals surface area contributed by atoms with Gasteiger partial charge in [-0.2, -0.15) is 0 Å². The molecule has 1 unspecified atom stereocenters. The second-order valence-electron chi connectivity index (χ2n) is 15.9. The van der Waals surface area contributed by atoms with Crippen molar-refractivity contribution in [1.29, 1.82) is 0 Å². The Kier molecular flexibility index (Phi) is 19.2. The zero-order chi connectivity index (χ0) is 46.8. The largest absolute Gasteiger partial charge is 0.480 e. The average Bonchev–Trinajstić information content (AvgIpc) is 3.76. The Bertz CT molecular complexity index is 2100. The number of rotatable bonds is 23. The molecule has 344 valence electrons. The van der Waals surface area contributed by atoms with Crippen molar-refractivity contribution in [2.24, 2.45) is 5.92 Å². The molecule has 19 heteroatoms. The molecule has 6 amide bonds. The summed E-state index contributed by atoms with van der Waals surface area (Å²) in [5.74, 6) is -6.45. The van der Waals surface area contributed by atoms with Crippen molar-refractivity contribution in [1.82, 2.24) is 30.7 Å². The van der Waals surface area contributed by atoms with E-state index in [0.29, 0.717) is 48.4 Å². The molecule has 0 bridgehead atoms. The third-order valence-corrected chi connectivity index (χ3v) is 10.6. The molecule has 1 saturated heterocycles. The number of carboxylic acids is 2. The molecule has 7 N–H and O–H groups in total. The van der Waals surface area contributed by atoms with Crippen LogP contribution in [0.4, 0.5) is 16.2 Å². The summed E-state index contributed by atoms with van der Waals surface area (Å²) >= 11 is 0. The molecular formula is C45H58N8O11. The minimum Gasteiger partial charge on any atom is -0.480 e. The molecule has 0 aliphatic carbocycles. The second-order valence-corrected chi connectivity index (χ2v) is 15.9. The number of nitrogens with one attached hydrogen (secondary N) is 5. The molecule has 1 aromatic heterocycles. The minimum atomic E-state index is -1.56. The predicted octanol–water partition coefficient (Wildman–Crippen LogP) is 3.08. The normalized spacial score (nSPS) is 14.8. The van der Waals surface area contributed by atoms with Gasteiger partial charge < -0.3 is 46.4 Å². The molecule has 0 radical (unpaired) electrons. The van der Waals surface area contributed by atoms with Crippen LogP contribution in [-0.2, 0) is 51.3 Å². The van der Waals surface area contributed by atoms with Gasteiger partial charge in [0.2, 0.25) is 23.6 Å². The number of hydrogen-bond acceptors (Lipinski definition) is 11. The maximum absolute atomic E-state index is 14.1. The molecule has 0 spiro atoms. The van der Waals surface area contributed by atoms with Crippen LogP contribution in [0.3, 0.4) is 0 Å². The SMILES string of the molecule is COC(=O)C[C@H](NC(=O)[C@H](CCCCN(CC(=O)O)Cc1ccccn1)NC(=O)Cc1ccc(NC(=O)Nc2ccccc2C)cc1)C(=O)N[C@H](C(=O)N1CCCC1C(=O)O)C(C)C. The summed E-state index contributed by atoms with van der Waals surface area (Å²) in [6.07, 6.45) is 2.30. The van der Waals surface area contributed by atoms with Crippen LogP contribution in [0.5, 0.6) is 0 Å². The highest BCUT2D eigenvalue weighted by atomic mass is 16.5. The summed E-state index contributed by atoms with van der Waals surface area (Å²) < 4.78 is 4.80. The highest BCUT2D eigenvalue weighted by molar-refractivity contribution is 6.00. The topological polar surface area (TPSA) is 266 Å². The predicted molar refractivity (Wildman–Crippen MR) is 235 cm³/mol. The molecule has 4 rings (SSSR count). The van der Waals surface area contributed by atoms with Gasteiger partial charge >= 0.3 is 23.9 Å². The Morgan fingerprint density at radius 1 is 0.859 bits per heavy atom. The second kappa shape index (κ2) is 24.7. The first-order valence-corrected chi connectivity index (χ1v) is 21.1. The average molecular weight is 887 g/mol. The number of ether oxygens (including phenoxy) is 1. The molecule has 0 saturated carbocycles. The van der Waals surface area contributed by atoms with Gasteiger partial charge in [0.15, 0.2) is 0 Å². The number of nitrogens with zero attached hydrogens (tertiary/aromatic N) is 3. The van der Waals surface area contributed by atoms with Crippen LogP contribution in [0, 0.1) is 12.8 Å². The highest BCUT2D eigenvalue weighted by Crippen LogP contribution is 2.21. The minimum absolute atomic E-state index is 0.0478. The van der Waals surface area contributed by atoms with Gasteiger partial charge in [0.05, 0.1) is 32.2 Å². The lowest BCUT2D eigenvalue weighted by Gasteiger charge is -2.30. The maximum Gasteiger partial charge on any atom is 0.326 e. The Morgan fingerprint density at radius 2 is 1.56 bits per heavy atom. The van der Waals surface area contributed by atoms with Gasteiger partial charge in [0.1, 0.15) is 24.2 Å². The van der Waals surface area contributed by atoms with Crippen molar-refractivity contribution >= 4 is 58.9 Å². The van der Waals surface area contributed by atoms with Gasteiger partial charge in [-0.15, -0.1) is 0 Å². The van der Waals surface area contributed by atoms with E-state index in [-0.39, 0.29) is 38.9 Å². The number of aromatic nitrogens is 1. The molecule has 2 aromatic carbocycles. The summed E-state index contributed by atoms with van der Waals surface area (Å²) in [6, 6.07) is 13.6. The van der Waals surface area contributed by atoms with E-state index in [4.69, 9.17) is 4.74 Å². The van der Waals surface area contributed by atoms with Crippen molar-refractivity contribution in [3.8, 4) is 0 Å². The lowest BCUT2D eigenvalue weighted by Crippen LogP contribution is -2.59. The van der Waals surface area contributed by atoms with Crippen LogP contribution >= 0.6 is 0 Å². The number of carboxylic acid groups (broad SMARTS) is 2. The van der Waals surface area contributed by atoms with Gasteiger partial charge in [0.25, 0.3) is 0 Å². The number of esters is 1. The van der Waals surface area contributed by atoms with E-state index in [0.717, 1.165) is 12.7 Å². The van der Waals surface area contributed by atoms with E-state index >= 15 is 0 Å². The molecule has 1 fully saturated rings. The van der Waals surface area contributed by atoms with E-state index in [9.17, 15) is 48.6 Å². The van der Waals surface area contributed by atoms with E-state index in [1.54, 1.807) is 79.5 Å². The molecule has 1 aliphatic heterocycles. The number of amides is 6. The van der Waals surface area contributed by atoms with Crippen LogP contribution in [0.15, 0.2) is 72.9 Å². The number of carbonyl (C=O) groups excluding carboxylic acids is 6. The number of unbranched alkanes of at least 4 members (excludes halogenated alkanes) is 1. The van der Waals surface area contributed by atoms with E-state index in [1.165, 1.54) is 4.90 Å². The zero-order valence-electron chi connectivity index (χ0n) is 36.5. The van der Waals surface area contributed by atoms with Crippen LogP contribution in [-0.4, -0.2) is 123 Å². The third kappa shape index (κ3) is 15.8. The van der Waals surface area contributed by atoms with Crippen LogP contribution in [0.2, 0.25) is 0 Å². The lowest BCUT2D eigenvalue weighted by molar-refractivity contribution is -0.150. The standard InChI is InChI=1S/C45H58N8O11/c1-28(2)40(43(60)53-23-11-16-36(53)44(61)62)51-42(59)35(25-39(57)64-4)49-41(58)34(15-8-10-22-52(27-38(55)56)26-32-13-7-9-21-46-32)48-37(54)24-30-17-19-31(20-18-30)47-45(63)50-33-14-6-5-12-29(33)3/h5-7,9,12-14,17-21,28,34-36,40H,8,10-11,15-16,22-27H2,1-4H3,(H,48,54)(H,49,58)(H,51,59)(H,55,56)(H,61,62)(H2,47,50,63)/t34-,35-,36?,40-/m0/s1. The van der Waals surface area contributed by atoms with Crippen molar-refractivity contribution in [2.75, 3.05) is 37.4 Å². The van der Waals surface area contributed by atoms with Crippen molar-refractivity contribution < 1.29 is 53.3 Å². The van der Waals surface area contributed by atoms with Gasteiger partial charge in [-0.05, 0) is 92.9 Å². The molecular weight excluding hydrogens is 829 g/mol. The summed E-state index contributed by atoms with van der Waals surface area (Å²) in [5, 5.41) is 32.6. The number of pyridine rings is 1. The summed E-state index contributed by atoms with van der Waals surface area (Å²) in [4.78, 5) is 111. The number of urea groups is 1. The van der Waals surface area contributed by atoms with Gasteiger partial charge in [-0.25, -0.2) is 9.59 Å². The quantitative estimate of drug-likeness (QED) is 0.0534. The number of para-hydroxylation sites is 1. The first kappa shape index (κ1) is 49.8. The molecule has 3 aromatic rings. The molecule has 19 nitrogen and oxygen atoms in total. The molecule has 2 heterocycles. The van der Waals surface area contributed by atoms with Gasteiger partial charge in [-0.1, -0.05) is 50.2 Å². The maximum atomic E-state index is 14.1. The van der Waals surface area contributed by atoms with Crippen LogP contribution in [0.1, 0.15) is 69.2 Å². The smallest absolute Gasteiger partial charge is 0.326 e. The Labute approximate surface area is 371 Å². The molecule has 4 atom stereocenters. The first-order chi connectivity index (χ1) is 30.5. The fraction of sp³-hybridized carbons (Fsp3) is 0.444. The van der Waals surface area contributed by atoms with E-state index < -0.39 is 84.1 Å². The number of methoxy groups -OCH3 is 1. The van der Waals surface area contributed by atoms with Crippen LogP contribution in [0.25, 0.3) is 0 Å². The first-order valence-electron chi connectivity index (χ1n) is 21.1. The molecule has 1 aliphatic rings. The van der Waals surface area contributed by atoms with Crippen molar-refractivity contribution in [3.63, 3.8) is 0 Å². The van der Waals surface area contributed by atoms with Crippen LogP contribution < -0.4 is 26.6 Å². The number of benzene rings is 2. The number of likely N-dealkylation sites (tertiary alicyclic amines) is 1. The number of aliphatic carboxylic acids is 2. The molecule has 64 heavy (non-hydrogen) atoms. The summed E-state index contributed by atoms with van der Waals surface area (Å²) in [6.45, 7) is 5.69. The highest BCUT2D eigenvalue weighted by Gasteiger charge is 2.40. The number of carbonyl (C=O) groups is 8. The van der Waals surface area contributed by atoms with Gasteiger partial charge in [0, 0.05) is 30.7 Å². The number of anilines is 2. The Morgan fingerprint density at radius 3 is 2.20 bits per heavy atom. The fourth-order valence-electron chi connectivity index (χ4n) is 7.18. The van der Waals surface area contributed by atoms with Crippen molar-refractivity contribution in [3.05, 3.63) is 89.7 Å². The lowest BCUT2D eigenvalue weighted by atomic mass is 10.0. The monoisotopic (exact) mass is 886 g/mol. The fourth-order valence-corrected chi connectivity index (χ4v) is 7.18.